The highest BCUT2D eigenvalue weighted by Crippen LogP contribution is 2.23. The lowest BCUT2D eigenvalue weighted by atomic mass is 10.1. The van der Waals surface area contributed by atoms with E-state index in [1.807, 2.05) is 0 Å². The van der Waals surface area contributed by atoms with E-state index in [9.17, 15) is 0 Å². The summed E-state index contributed by atoms with van der Waals surface area (Å²) in [6.07, 6.45) is 11.2. The number of hydrogen-bond acceptors (Lipinski definition) is 0. The summed E-state index contributed by atoms with van der Waals surface area (Å²) in [6, 6.07) is 1.39. The van der Waals surface area contributed by atoms with Crippen LogP contribution in [0.25, 0.3) is 0 Å². The summed E-state index contributed by atoms with van der Waals surface area (Å²) in [5, 5.41) is 0. The summed E-state index contributed by atoms with van der Waals surface area (Å²) in [5.41, 5.74) is 1.76. The molecule has 0 amide bonds. The van der Waals surface area contributed by atoms with Gasteiger partial charge in [0.15, 0.2) is 0 Å². The molecule has 0 unspecified atom stereocenters. The molecular formula is C12H24Si. The Morgan fingerprint density at radius 1 is 1.00 bits per heavy atom. The van der Waals surface area contributed by atoms with Gasteiger partial charge in [0.1, 0.15) is 0 Å². The maximum Gasteiger partial charge on any atom is 0.0480 e. The molecule has 76 valence electrons. The van der Waals surface area contributed by atoms with Crippen LogP contribution < -0.4 is 0 Å². The minimum Gasteiger partial charge on any atom is -0.0880 e. The van der Waals surface area contributed by atoms with Gasteiger partial charge in [-0.15, -0.1) is 0 Å². The van der Waals surface area contributed by atoms with Crippen molar-refractivity contribution in [1.82, 2.24) is 0 Å². The van der Waals surface area contributed by atoms with E-state index >= 15 is 0 Å². The molecule has 0 aliphatic heterocycles. The molecule has 0 N–H and O–H groups in total. The van der Waals surface area contributed by atoms with Gasteiger partial charge in [0.2, 0.25) is 0 Å². The predicted octanol–water partition coefficient (Wildman–Crippen LogP) is 4.61. The third-order valence-corrected chi connectivity index (χ3v) is 4.18. The van der Waals surface area contributed by atoms with Crippen LogP contribution in [-0.2, 0) is 0 Å². The highest BCUT2D eigenvalue weighted by atomic mass is 28.3. The van der Waals surface area contributed by atoms with Gasteiger partial charge in [-0.05, 0) is 31.7 Å². The third-order valence-electron chi connectivity index (χ3n) is 2.75. The molecule has 1 rings (SSSR count). The van der Waals surface area contributed by atoms with Crippen molar-refractivity contribution in [3.63, 3.8) is 0 Å². The van der Waals surface area contributed by atoms with Crippen LogP contribution in [0.2, 0.25) is 25.7 Å². The Labute approximate surface area is 84.4 Å². The first-order chi connectivity index (χ1) is 6.08. The largest absolute Gasteiger partial charge is 0.0880 e. The van der Waals surface area contributed by atoms with E-state index in [1.54, 1.807) is 5.57 Å². The van der Waals surface area contributed by atoms with Gasteiger partial charge in [0.25, 0.3) is 0 Å². The fourth-order valence-corrected chi connectivity index (χ4v) is 2.74. The van der Waals surface area contributed by atoms with Gasteiger partial charge >= 0.3 is 0 Å². The zero-order valence-electron chi connectivity index (χ0n) is 9.53. The number of rotatable bonds is 2. The minimum absolute atomic E-state index is 0.834. The fourth-order valence-electron chi connectivity index (χ4n) is 1.84. The van der Waals surface area contributed by atoms with E-state index < -0.39 is 8.07 Å². The van der Waals surface area contributed by atoms with Crippen molar-refractivity contribution < 1.29 is 0 Å². The van der Waals surface area contributed by atoms with Crippen LogP contribution in [0.4, 0.5) is 0 Å². The SMILES string of the molecule is C[Si](C)(C)CC=C1CCCCCC1. The molecule has 1 fully saturated rings. The van der Waals surface area contributed by atoms with Gasteiger partial charge < -0.3 is 0 Å². The standard InChI is InChI=1S/C12H24Si/c1-13(2,3)11-10-12-8-6-4-5-7-9-12/h10H,4-9,11H2,1-3H3. The Bertz CT molecular complexity index is 164. The van der Waals surface area contributed by atoms with Crippen LogP contribution >= 0.6 is 0 Å². The molecule has 0 atom stereocenters. The van der Waals surface area contributed by atoms with Gasteiger partial charge in [0.05, 0.1) is 0 Å². The van der Waals surface area contributed by atoms with Gasteiger partial charge in [-0.3, -0.25) is 0 Å². The molecule has 0 bridgehead atoms. The van der Waals surface area contributed by atoms with Crippen LogP contribution in [0, 0.1) is 0 Å². The van der Waals surface area contributed by atoms with Crippen molar-refractivity contribution in [1.29, 1.82) is 0 Å². The molecule has 13 heavy (non-hydrogen) atoms. The molecule has 0 aromatic rings. The smallest absolute Gasteiger partial charge is 0.0480 e. The van der Waals surface area contributed by atoms with E-state index in [0.29, 0.717) is 0 Å². The molecule has 0 aromatic heterocycles. The Morgan fingerprint density at radius 2 is 1.54 bits per heavy atom. The van der Waals surface area contributed by atoms with Crippen molar-refractivity contribution in [2.75, 3.05) is 0 Å². The molecule has 0 aromatic carbocycles. The van der Waals surface area contributed by atoms with E-state index in [0.717, 1.165) is 0 Å². The average molecular weight is 196 g/mol. The summed E-state index contributed by atoms with van der Waals surface area (Å²) >= 11 is 0. The fraction of sp³-hybridized carbons (Fsp3) is 0.833. The lowest BCUT2D eigenvalue weighted by Gasteiger charge is -2.13. The van der Waals surface area contributed by atoms with Crippen molar-refractivity contribution in [2.45, 2.75) is 64.2 Å². The van der Waals surface area contributed by atoms with E-state index in [2.05, 4.69) is 25.7 Å². The molecular weight excluding hydrogens is 172 g/mol. The van der Waals surface area contributed by atoms with Crippen molar-refractivity contribution in [2.24, 2.45) is 0 Å². The van der Waals surface area contributed by atoms with Gasteiger partial charge in [-0.2, -0.15) is 0 Å². The maximum absolute atomic E-state index is 2.57. The molecule has 1 heteroatoms. The van der Waals surface area contributed by atoms with Gasteiger partial charge in [0, 0.05) is 8.07 Å². The first-order valence-electron chi connectivity index (χ1n) is 5.76. The Balaban J connectivity index is 2.39. The van der Waals surface area contributed by atoms with Crippen LogP contribution in [0.5, 0.6) is 0 Å². The van der Waals surface area contributed by atoms with Crippen LogP contribution in [0.1, 0.15) is 38.5 Å². The summed E-state index contributed by atoms with van der Waals surface area (Å²) < 4.78 is 0. The number of allylic oxidation sites excluding steroid dienone is 2. The minimum atomic E-state index is -0.834. The highest BCUT2D eigenvalue weighted by molar-refractivity contribution is 6.76. The molecule has 1 saturated carbocycles. The van der Waals surface area contributed by atoms with Crippen LogP contribution in [0.15, 0.2) is 11.6 Å². The Kier molecular flexibility index (Phi) is 4.24. The second-order valence-electron chi connectivity index (χ2n) is 5.54. The van der Waals surface area contributed by atoms with E-state index in [4.69, 9.17) is 0 Å². The molecule has 0 spiro atoms. The third kappa shape index (κ3) is 5.30. The zero-order chi connectivity index (χ0) is 9.73. The van der Waals surface area contributed by atoms with E-state index in [1.165, 1.54) is 44.6 Å². The first-order valence-corrected chi connectivity index (χ1v) is 9.46. The molecule has 1 aliphatic carbocycles. The van der Waals surface area contributed by atoms with Gasteiger partial charge in [-0.25, -0.2) is 0 Å². The first kappa shape index (κ1) is 11.0. The summed E-state index contributed by atoms with van der Waals surface area (Å²) in [4.78, 5) is 0. The lowest BCUT2D eigenvalue weighted by molar-refractivity contribution is 0.702. The number of hydrogen-bond donors (Lipinski definition) is 0. The quantitative estimate of drug-likeness (QED) is 0.344. The van der Waals surface area contributed by atoms with Crippen LogP contribution in [0.3, 0.4) is 0 Å². The predicted molar refractivity (Wildman–Crippen MR) is 63.9 cm³/mol. The van der Waals surface area contributed by atoms with Crippen molar-refractivity contribution in [3.05, 3.63) is 11.6 Å². The van der Waals surface area contributed by atoms with Crippen LogP contribution in [-0.4, -0.2) is 8.07 Å². The van der Waals surface area contributed by atoms with Gasteiger partial charge in [-0.1, -0.05) is 44.1 Å². The molecule has 0 radical (unpaired) electrons. The zero-order valence-corrected chi connectivity index (χ0v) is 10.5. The summed E-state index contributed by atoms with van der Waals surface area (Å²) in [7, 11) is -0.834. The average Bonchev–Trinajstić information content (AvgIpc) is 2.26. The lowest BCUT2D eigenvalue weighted by Crippen LogP contribution is -2.17. The molecule has 0 heterocycles. The van der Waals surface area contributed by atoms with Crippen molar-refractivity contribution >= 4 is 8.07 Å². The highest BCUT2D eigenvalue weighted by Gasteiger charge is 2.11. The monoisotopic (exact) mass is 196 g/mol. The van der Waals surface area contributed by atoms with Crippen molar-refractivity contribution in [3.8, 4) is 0 Å². The molecule has 0 saturated heterocycles. The second-order valence-corrected chi connectivity index (χ2v) is 11.1. The van der Waals surface area contributed by atoms with E-state index in [-0.39, 0.29) is 0 Å². The molecule has 1 aliphatic rings. The maximum atomic E-state index is 2.57. The topological polar surface area (TPSA) is 0 Å². The molecule has 0 nitrogen and oxygen atoms in total. The second kappa shape index (κ2) is 4.99. The normalized spacial score (nSPS) is 19.8. The summed E-state index contributed by atoms with van der Waals surface area (Å²) in [6.45, 7) is 7.38. The Morgan fingerprint density at radius 3 is 2.00 bits per heavy atom. The Hall–Kier alpha value is -0.0431. The summed E-state index contributed by atoms with van der Waals surface area (Å²) in [5.74, 6) is 0.